The molecule has 0 unspecified atom stereocenters. The molecule has 2 aromatic carbocycles. The van der Waals surface area contributed by atoms with Crippen LogP contribution in [0.25, 0.3) is 5.69 Å². The van der Waals surface area contributed by atoms with Gasteiger partial charge in [0.05, 0.1) is 13.3 Å². The first-order chi connectivity index (χ1) is 15.0. The van der Waals surface area contributed by atoms with E-state index in [1.165, 1.54) is 0 Å². The number of nitrogens with one attached hydrogen (secondary N) is 1. The topological polar surface area (TPSA) is 83.3 Å². The molecule has 0 atom stereocenters. The molecule has 0 saturated carbocycles. The van der Waals surface area contributed by atoms with Gasteiger partial charge in [-0.15, -0.1) is 0 Å². The van der Waals surface area contributed by atoms with E-state index in [1.807, 2.05) is 38.1 Å². The standard InChI is InChI=1S/C23H23N3O5/c1-15-10-17(16(2)26(15)18-4-9-21-22(11-18)31-14-30-21)12-24-25-23(27)13-29-20-7-5-19(28-3)6-8-20/h4-12H,13-14H2,1-3H3,(H,25,27)/b24-12-. The van der Waals surface area contributed by atoms with Crippen LogP contribution in [0.3, 0.4) is 0 Å². The summed E-state index contributed by atoms with van der Waals surface area (Å²) in [6.45, 7) is 4.10. The zero-order valence-electron chi connectivity index (χ0n) is 17.5. The summed E-state index contributed by atoms with van der Waals surface area (Å²) in [6.07, 6.45) is 1.62. The van der Waals surface area contributed by atoms with E-state index in [4.69, 9.17) is 18.9 Å². The lowest BCUT2D eigenvalue weighted by molar-refractivity contribution is -0.123. The van der Waals surface area contributed by atoms with Gasteiger partial charge in [-0.2, -0.15) is 5.10 Å². The first kappa shape index (κ1) is 20.3. The van der Waals surface area contributed by atoms with Gasteiger partial charge in [-0.1, -0.05) is 0 Å². The van der Waals surface area contributed by atoms with Crippen LogP contribution in [-0.2, 0) is 4.79 Å². The molecule has 1 aliphatic heterocycles. The van der Waals surface area contributed by atoms with Gasteiger partial charge in [-0.05, 0) is 56.3 Å². The number of aryl methyl sites for hydroxylation is 1. The number of aromatic nitrogens is 1. The first-order valence-electron chi connectivity index (χ1n) is 9.73. The number of hydrazone groups is 1. The Balaban J connectivity index is 1.38. The third-order valence-electron chi connectivity index (χ3n) is 4.91. The molecule has 0 aliphatic carbocycles. The number of ether oxygens (including phenoxy) is 4. The summed E-state index contributed by atoms with van der Waals surface area (Å²) < 4.78 is 23.5. The van der Waals surface area contributed by atoms with Gasteiger partial charge in [0.15, 0.2) is 18.1 Å². The second-order valence-electron chi connectivity index (χ2n) is 6.96. The Kier molecular flexibility index (Phi) is 5.79. The summed E-state index contributed by atoms with van der Waals surface area (Å²) in [7, 11) is 1.59. The van der Waals surface area contributed by atoms with Crippen molar-refractivity contribution >= 4 is 12.1 Å². The van der Waals surface area contributed by atoms with Crippen LogP contribution < -0.4 is 24.4 Å². The number of carbonyl (C=O) groups excluding carboxylic acids is 1. The average Bonchev–Trinajstić information content (AvgIpc) is 3.36. The van der Waals surface area contributed by atoms with Crippen LogP contribution in [-0.4, -0.2) is 37.2 Å². The van der Waals surface area contributed by atoms with Crippen molar-refractivity contribution in [3.05, 3.63) is 65.5 Å². The minimum Gasteiger partial charge on any atom is -0.497 e. The maximum Gasteiger partial charge on any atom is 0.277 e. The van der Waals surface area contributed by atoms with Crippen molar-refractivity contribution in [2.24, 2.45) is 5.10 Å². The predicted octanol–water partition coefficient (Wildman–Crippen LogP) is 3.36. The molecule has 0 fully saturated rings. The van der Waals surface area contributed by atoms with Crippen LogP contribution in [0.15, 0.2) is 53.6 Å². The van der Waals surface area contributed by atoms with Crippen molar-refractivity contribution in [1.82, 2.24) is 9.99 Å². The molecular weight excluding hydrogens is 398 g/mol. The number of hydrogen-bond acceptors (Lipinski definition) is 6. The van der Waals surface area contributed by atoms with Crippen molar-refractivity contribution in [2.45, 2.75) is 13.8 Å². The third-order valence-corrected chi connectivity index (χ3v) is 4.91. The Morgan fingerprint density at radius 1 is 1.10 bits per heavy atom. The van der Waals surface area contributed by atoms with E-state index in [9.17, 15) is 4.79 Å². The Morgan fingerprint density at radius 2 is 1.84 bits per heavy atom. The van der Waals surface area contributed by atoms with Crippen molar-refractivity contribution in [2.75, 3.05) is 20.5 Å². The Hall–Kier alpha value is -3.94. The van der Waals surface area contributed by atoms with Crippen molar-refractivity contribution in [1.29, 1.82) is 0 Å². The first-order valence-corrected chi connectivity index (χ1v) is 9.73. The molecule has 3 aromatic rings. The summed E-state index contributed by atoms with van der Waals surface area (Å²) in [5, 5.41) is 4.07. The molecule has 4 rings (SSSR count). The van der Waals surface area contributed by atoms with E-state index >= 15 is 0 Å². The van der Waals surface area contributed by atoms with Crippen molar-refractivity contribution in [3.63, 3.8) is 0 Å². The summed E-state index contributed by atoms with van der Waals surface area (Å²) in [5.74, 6) is 2.42. The molecule has 1 N–H and O–H groups in total. The van der Waals surface area contributed by atoms with Gasteiger partial charge in [0, 0.05) is 28.7 Å². The zero-order valence-corrected chi connectivity index (χ0v) is 17.5. The van der Waals surface area contributed by atoms with Gasteiger partial charge in [-0.25, -0.2) is 5.43 Å². The number of carbonyl (C=O) groups is 1. The fourth-order valence-corrected chi connectivity index (χ4v) is 3.37. The van der Waals surface area contributed by atoms with Crippen LogP contribution in [0.2, 0.25) is 0 Å². The molecule has 1 aliphatic rings. The molecule has 8 nitrogen and oxygen atoms in total. The maximum absolute atomic E-state index is 12.0. The quantitative estimate of drug-likeness (QED) is 0.467. The number of nitrogens with zero attached hydrogens (tertiary/aromatic N) is 2. The number of benzene rings is 2. The van der Waals surface area contributed by atoms with E-state index < -0.39 is 0 Å². The van der Waals surface area contributed by atoms with Gasteiger partial charge in [0.2, 0.25) is 6.79 Å². The highest BCUT2D eigenvalue weighted by Gasteiger charge is 2.16. The van der Waals surface area contributed by atoms with Gasteiger partial charge in [0.25, 0.3) is 5.91 Å². The average molecular weight is 421 g/mol. The minimum absolute atomic E-state index is 0.139. The van der Waals surface area contributed by atoms with Crippen LogP contribution in [0, 0.1) is 13.8 Å². The second kappa shape index (κ2) is 8.83. The van der Waals surface area contributed by atoms with Crippen molar-refractivity contribution in [3.8, 4) is 28.7 Å². The second-order valence-corrected chi connectivity index (χ2v) is 6.96. The minimum atomic E-state index is -0.350. The van der Waals surface area contributed by atoms with Gasteiger partial charge >= 0.3 is 0 Å². The number of methoxy groups -OCH3 is 1. The normalized spacial score (nSPS) is 12.2. The lowest BCUT2D eigenvalue weighted by Crippen LogP contribution is -2.24. The van der Waals surface area contributed by atoms with E-state index in [-0.39, 0.29) is 19.3 Å². The lowest BCUT2D eigenvalue weighted by atomic mass is 10.2. The molecule has 8 heteroatoms. The number of amides is 1. The molecular formula is C23H23N3O5. The number of fused-ring (bicyclic) bond motifs is 1. The molecule has 31 heavy (non-hydrogen) atoms. The van der Waals surface area contributed by atoms with Crippen LogP contribution in [0.5, 0.6) is 23.0 Å². The highest BCUT2D eigenvalue weighted by molar-refractivity contribution is 5.84. The smallest absolute Gasteiger partial charge is 0.277 e. The summed E-state index contributed by atoms with van der Waals surface area (Å²) >= 11 is 0. The summed E-state index contributed by atoms with van der Waals surface area (Å²) in [4.78, 5) is 12.0. The maximum atomic E-state index is 12.0. The number of hydrogen-bond donors (Lipinski definition) is 1. The van der Waals surface area contributed by atoms with E-state index in [2.05, 4.69) is 15.1 Å². The van der Waals surface area contributed by atoms with Crippen molar-refractivity contribution < 1.29 is 23.7 Å². The van der Waals surface area contributed by atoms with E-state index in [0.717, 1.165) is 39.9 Å². The summed E-state index contributed by atoms with van der Waals surface area (Å²) in [6, 6.07) is 14.8. The zero-order chi connectivity index (χ0) is 21.8. The molecule has 0 bridgehead atoms. The molecule has 160 valence electrons. The fourth-order valence-electron chi connectivity index (χ4n) is 3.37. The molecule has 1 aromatic heterocycles. The third kappa shape index (κ3) is 4.48. The highest BCUT2D eigenvalue weighted by atomic mass is 16.7. The SMILES string of the molecule is COc1ccc(OCC(=O)N/N=C\c2cc(C)n(-c3ccc4c(c3)OCO4)c2C)cc1. The lowest BCUT2D eigenvalue weighted by Gasteiger charge is -2.10. The highest BCUT2D eigenvalue weighted by Crippen LogP contribution is 2.34. The van der Waals surface area contributed by atoms with Crippen LogP contribution >= 0.6 is 0 Å². The van der Waals surface area contributed by atoms with Gasteiger partial charge in [0.1, 0.15) is 11.5 Å². The molecule has 0 radical (unpaired) electrons. The van der Waals surface area contributed by atoms with Gasteiger partial charge in [-0.3, -0.25) is 4.79 Å². The monoisotopic (exact) mass is 421 g/mol. The van der Waals surface area contributed by atoms with Gasteiger partial charge < -0.3 is 23.5 Å². The largest absolute Gasteiger partial charge is 0.497 e. The van der Waals surface area contributed by atoms with Crippen LogP contribution in [0.1, 0.15) is 17.0 Å². The Labute approximate surface area is 180 Å². The molecule has 0 spiro atoms. The Bertz CT molecular complexity index is 1120. The van der Waals surface area contributed by atoms with E-state index in [0.29, 0.717) is 5.75 Å². The predicted molar refractivity (Wildman–Crippen MR) is 116 cm³/mol. The molecule has 1 amide bonds. The summed E-state index contributed by atoms with van der Waals surface area (Å²) in [5.41, 5.74) is 6.38. The molecule has 0 saturated heterocycles. The number of rotatable bonds is 7. The fraction of sp³-hybridized carbons (Fsp3) is 0.217. The Morgan fingerprint density at radius 3 is 2.61 bits per heavy atom. The van der Waals surface area contributed by atoms with E-state index in [1.54, 1.807) is 37.6 Å². The van der Waals surface area contributed by atoms with Crippen LogP contribution in [0.4, 0.5) is 0 Å². The molecule has 2 heterocycles.